The van der Waals surface area contributed by atoms with Crippen LogP contribution >= 0.6 is 0 Å². The highest BCUT2D eigenvalue weighted by Crippen LogP contribution is 2.56. The Hall–Kier alpha value is -2.89. The molecule has 0 unspecified atom stereocenters. The van der Waals surface area contributed by atoms with Crippen LogP contribution in [-0.2, 0) is 0 Å². The maximum absolute atomic E-state index is 12.1. The van der Waals surface area contributed by atoms with E-state index in [1.54, 1.807) is 18.2 Å². The number of Topliss-reactive ketones (excluding diaryl/α,β-unsaturated/α-hetero) is 1. The van der Waals surface area contributed by atoms with Gasteiger partial charge in [-0.2, -0.15) is 0 Å². The molecule has 1 atom stereocenters. The maximum atomic E-state index is 12.1. The van der Waals surface area contributed by atoms with E-state index in [9.17, 15) is 30.3 Å². The summed E-state index contributed by atoms with van der Waals surface area (Å²) in [6, 6.07) is 5.21. The van der Waals surface area contributed by atoms with Gasteiger partial charge in [0.1, 0.15) is 0 Å². The predicted molar refractivity (Wildman–Crippen MR) is 76.7 cm³/mol. The molecular weight excluding hydrogens is 288 g/mol. The van der Waals surface area contributed by atoms with E-state index >= 15 is 0 Å². The largest absolute Gasteiger partial charge is 0.504 e. The summed E-state index contributed by atoms with van der Waals surface area (Å²) in [5.74, 6) is -5.24. The monoisotopic (exact) mass is 302 g/mol. The fraction of sp³-hybridized carbons (Fsp3) is 0.188. The van der Waals surface area contributed by atoms with Crippen LogP contribution in [-0.4, -0.2) is 31.3 Å². The van der Waals surface area contributed by atoms with E-state index in [0.29, 0.717) is 11.1 Å². The van der Waals surface area contributed by atoms with Crippen LogP contribution in [0.4, 0.5) is 0 Å². The highest BCUT2D eigenvalue weighted by molar-refractivity contribution is 6.02. The molecule has 0 spiro atoms. The number of aromatic hydroxyl groups is 5. The van der Waals surface area contributed by atoms with E-state index in [-0.39, 0.29) is 17.8 Å². The number of hydrogen-bond donors (Lipinski definition) is 5. The molecular formula is C16H14O6. The third-order valence-corrected chi connectivity index (χ3v) is 4.03. The normalized spacial score (nSPS) is 16.8. The average Bonchev–Trinajstić information content (AvgIpc) is 2.80. The minimum absolute atomic E-state index is 0.0104. The Labute approximate surface area is 125 Å². The minimum Gasteiger partial charge on any atom is -0.504 e. The van der Waals surface area contributed by atoms with E-state index in [2.05, 4.69) is 0 Å². The number of fused-ring (bicyclic) bond motifs is 1. The summed E-state index contributed by atoms with van der Waals surface area (Å²) in [5.41, 5.74) is 1.79. The first-order valence-electron chi connectivity index (χ1n) is 6.65. The Morgan fingerprint density at radius 1 is 0.909 bits per heavy atom. The van der Waals surface area contributed by atoms with Crippen LogP contribution in [0.5, 0.6) is 28.7 Å². The van der Waals surface area contributed by atoms with Crippen molar-refractivity contribution < 1.29 is 30.3 Å². The molecule has 2 aromatic rings. The summed E-state index contributed by atoms with van der Waals surface area (Å²) in [6.07, 6.45) is -0.0104. The molecule has 114 valence electrons. The molecule has 0 fully saturated rings. The van der Waals surface area contributed by atoms with Crippen molar-refractivity contribution in [2.24, 2.45) is 0 Å². The van der Waals surface area contributed by atoms with E-state index < -0.39 is 34.7 Å². The molecule has 6 nitrogen and oxygen atoms in total. The molecule has 0 amide bonds. The van der Waals surface area contributed by atoms with Crippen LogP contribution < -0.4 is 0 Å². The topological polar surface area (TPSA) is 118 Å². The van der Waals surface area contributed by atoms with Crippen molar-refractivity contribution in [3.8, 4) is 28.7 Å². The lowest BCUT2D eigenvalue weighted by atomic mass is 9.90. The molecule has 1 aliphatic rings. The molecule has 0 aliphatic heterocycles. The van der Waals surface area contributed by atoms with Gasteiger partial charge in [0.2, 0.25) is 17.2 Å². The maximum Gasteiger partial charge on any atom is 0.208 e. The first-order valence-corrected chi connectivity index (χ1v) is 6.65. The Kier molecular flexibility index (Phi) is 2.91. The van der Waals surface area contributed by atoms with Crippen LogP contribution in [0.2, 0.25) is 0 Å². The molecule has 3 rings (SSSR count). The van der Waals surface area contributed by atoms with Crippen molar-refractivity contribution in [3.05, 3.63) is 40.5 Å². The number of aryl methyl sites for hydroxylation is 1. The van der Waals surface area contributed by atoms with Gasteiger partial charge >= 0.3 is 0 Å². The molecule has 22 heavy (non-hydrogen) atoms. The van der Waals surface area contributed by atoms with Crippen molar-refractivity contribution >= 4 is 5.78 Å². The zero-order valence-corrected chi connectivity index (χ0v) is 11.7. The Bertz CT molecular complexity index is 780. The second-order valence-electron chi connectivity index (χ2n) is 5.43. The van der Waals surface area contributed by atoms with Gasteiger partial charge in [-0.05, 0) is 18.6 Å². The van der Waals surface area contributed by atoms with Crippen LogP contribution in [0.1, 0.15) is 39.4 Å². The highest BCUT2D eigenvalue weighted by atomic mass is 16.4. The van der Waals surface area contributed by atoms with E-state index in [1.807, 2.05) is 6.92 Å². The van der Waals surface area contributed by atoms with Crippen LogP contribution in [0.3, 0.4) is 0 Å². The fourth-order valence-corrected chi connectivity index (χ4v) is 2.91. The zero-order valence-electron chi connectivity index (χ0n) is 11.7. The molecule has 0 radical (unpaired) electrons. The summed E-state index contributed by atoms with van der Waals surface area (Å²) >= 11 is 0. The quantitative estimate of drug-likeness (QED) is 0.407. The molecule has 6 heteroatoms. The minimum atomic E-state index is -1.01. The number of phenolic OH excluding ortho intramolecular Hbond substituents is 5. The van der Waals surface area contributed by atoms with Crippen LogP contribution in [0.15, 0.2) is 18.2 Å². The predicted octanol–water partition coefficient (Wildman–Crippen LogP) is 2.24. The number of phenols is 5. The fourth-order valence-electron chi connectivity index (χ4n) is 2.91. The van der Waals surface area contributed by atoms with Gasteiger partial charge in [-0.25, -0.2) is 0 Å². The van der Waals surface area contributed by atoms with Crippen molar-refractivity contribution in [2.45, 2.75) is 19.3 Å². The van der Waals surface area contributed by atoms with E-state index in [1.165, 1.54) is 0 Å². The standard InChI is InChI=1S/C16H14O6/c1-6-2-3-7-8(4-6)10(17)5-9(7)11-12(18)14(20)16(22)15(21)13(11)19/h2-4,9,18-22H,5H2,1H3/t9-/m1/s1. The summed E-state index contributed by atoms with van der Waals surface area (Å²) in [4.78, 5) is 12.1. The van der Waals surface area contributed by atoms with Crippen LogP contribution in [0.25, 0.3) is 0 Å². The summed E-state index contributed by atoms with van der Waals surface area (Å²) in [6.45, 7) is 1.84. The van der Waals surface area contributed by atoms with E-state index in [4.69, 9.17) is 0 Å². The van der Waals surface area contributed by atoms with E-state index in [0.717, 1.165) is 5.56 Å². The Morgan fingerprint density at radius 2 is 1.45 bits per heavy atom. The summed E-state index contributed by atoms with van der Waals surface area (Å²) in [7, 11) is 0. The third kappa shape index (κ3) is 1.77. The van der Waals surface area contributed by atoms with Crippen molar-refractivity contribution in [3.63, 3.8) is 0 Å². The average molecular weight is 302 g/mol. The number of hydrogen-bond acceptors (Lipinski definition) is 6. The van der Waals surface area contributed by atoms with Gasteiger partial charge in [0.05, 0.1) is 5.56 Å². The number of carbonyl (C=O) groups is 1. The molecule has 5 N–H and O–H groups in total. The van der Waals surface area contributed by atoms with Gasteiger partial charge < -0.3 is 25.5 Å². The molecule has 0 heterocycles. The van der Waals surface area contributed by atoms with Gasteiger partial charge in [0.25, 0.3) is 0 Å². The lowest BCUT2D eigenvalue weighted by molar-refractivity contribution is 0.0991. The Balaban J connectivity index is 2.26. The van der Waals surface area contributed by atoms with Crippen molar-refractivity contribution in [1.82, 2.24) is 0 Å². The number of ketones is 1. The van der Waals surface area contributed by atoms with Crippen molar-refractivity contribution in [2.75, 3.05) is 0 Å². The number of benzene rings is 2. The van der Waals surface area contributed by atoms with Gasteiger partial charge in [0.15, 0.2) is 17.3 Å². The SMILES string of the molecule is Cc1ccc2c(c1)C(=O)C[C@H]2c1c(O)c(O)c(O)c(O)c1O. The summed E-state index contributed by atoms with van der Waals surface area (Å²) < 4.78 is 0. The van der Waals surface area contributed by atoms with Gasteiger partial charge in [-0.15, -0.1) is 0 Å². The first-order chi connectivity index (χ1) is 10.3. The third-order valence-electron chi connectivity index (χ3n) is 4.03. The molecule has 0 aromatic heterocycles. The van der Waals surface area contributed by atoms with Gasteiger partial charge in [-0.1, -0.05) is 17.7 Å². The molecule has 0 bridgehead atoms. The van der Waals surface area contributed by atoms with Gasteiger partial charge in [-0.3, -0.25) is 4.79 Å². The van der Waals surface area contributed by atoms with Crippen LogP contribution in [0, 0.1) is 6.92 Å². The highest BCUT2D eigenvalue weighted by Gasteiger charge is 2.36. The number of rotatable bonds is 1. The lowest BCUT2D eigenvalue weighted by Crippen LogP contribution is -1.99. The smallest absolute Gasteiger partial charge is 0.208 e. The second-order valence-corrected chi connectivity index (χ2v) is 5.43. The van der Waals surface area contributed by atoms with Gasteiger partial charge in [0, 0.05) is 17.9 Å². The molecule has 2 aromatic carbocycles. The Morgan fingerprint density at radius 3 is 2.05 bits per heavy atom. The second kappa shape index (κ2) is 4.56. The molecule has 1 aliphatic carbocycles. The summed E-state index contributed by atoms with van der Waals surface area (Å²) in [5, 5.41) is 48.8. The first kappa shape index (κ1) is 14.1. The zero-order chi connectivity index (χ0) is 16.2. The number of carbonyl (C=O) groups excluding carboxylic acids is 1. The molecule has 0 saturated carbocycles. The molecule has 0 saturated heterocycles. The lowest BCUT2D eigenvalue weighted by Gasteiger charge is -2.17. The van der Waals surface area contributed by atoms with Crippen molar-refractivity contribution in [1.29, 1.82) is 0 Å².